The number of nitrogens with one attached hydrogen (secondary N) is 1. The van der Waals surface area contributed by atoms with Crippen molar-refractivity contribution in [1.29, 1.82) is 0 Å². The molecule has 2 aromatic rings. The molecule has 0 saturated carbocycles. The zero-order chi connectivity index (χ0) is 16.3. The van der Waals surface area contributed by atoms with E-state index >= 15 is 0 Å². The van der Waals surface area contributed by atoms with Crippen molar-refractivity contribution in [2.24, 2.45) is 5.10 Å². The maximum atomic E-state index is 11.9. The molecule has 0 saturated heterocycles. The van der Waals surface area contributed by atoms with Crippen LogP contribution in [0, 0.1) is 17.0 Å². The van der Waals surface area contributed by atoms with E-state index in [-0.39, 0.29) is 10.6 Å². The van der Waals surface area contributed by atoms with E-state index in [4.69, 9.17) is 23.2 Å². The molecule has 1 N–H and O–H groups in total. The molecule has 0 aromatic heterocycles. The van der Waals surface area contributed by atoms with Crippen molar-refractivity contribution >= 4 is 40.8 Å². The van der Waals surface area contributed by atoms with E-state index in [0.717, 1.165) is 11.6 Å². The smallest absolute Gasteiger partial charge is 0.263 e. The number of benzene rings is 2. The number of rotatable bonds is 4. The molecule has 6 nitrogen and oxygen atoms in total. The van der Waals surface area contributed by atoms with Gasteiger partial charge in [-0.05, 0) is 42.0 Å². The number of nitro benzene ring substituents is 1. The van der Waals surface area contributed by atoms with Gasteiger partial charge in [-0.25, -0.2) is 0 Å². The Morgan fingerprint density at radius 2 is 2.00 bits per heavy atom. The van der Waals surface area contributed by atoms with Crippen molar-refractivity contribution in [3.8, 4) is 5.75 Å². The van der Waals surface area contributed by atoms with Crippen LogP contribution in [0.25, 0.3) is 0 Å². The average Bonchev–Trinajstić information content (AvgIpc) is 2.45. The molecule has 0 aliphatic rings. The number of hydrogen-bond donors (Lipinski definition) is 1. The van der Waals surface area contributed by atoms with Crippen molar-refractivity contribution in [1.82, 2.24) is 0 Å². The van der Waals surface area contributed by atoms with E-state index in [9.17, 15) is 15.2 Å². The number of nitrogens with zero attached hydrogens (tertiary/aromatic N) is 2. The van der Waals surface area contributed by atoms with E-state index in [0.29, 0.717) is 10.7 Å². The first kappa shape index (κ1) is 16.1. The van der Waals surface area contributed by atoms with Gasteiger partial charge in [0, 0.05) is 16.1 Å². The normalized spacial score (nSPS) is 10.9. The van der Waals surface area contributed by atoms with Crippen molar-refractivity contribution in [2.75, 3.05) is 5.43 Å². The molecule has 0 aliphatic heterocycles. The fourth-order valence-electron chi connectivity index (χ4n) is 1.67. The van der Waals surface area contributed by atoms with Gasteiger partial charge in [-0.15, -0.1) is 0 Å². The maximum Gasteiger partial charge on any atom is 0.263 e. The standard InChI is InChI=1S/C14H11Cl2N3O3/c1-8-2-3-11(6-12(8)16)18-17-7-9-4-10(15)5-13(14(9)20)19(21)22/h2-7,18,20H,1H3/p-1/b17-7-. The van der Waals surface area contributed by atoms with Crippen LogP contribution in [-0.2, 0) is 0 Å². The Balaban J connectivity index is 2.23. The zero-order valence-electron chi connectivity index (χ0n) is 11.3. The van der Waals surface area contributed by atoms with E-state index in [1.54, 1.807) is 12.1 Å². The van der Waals surface area contributed by atoms with Crippen LogP contribution in [0.3, 0.4) is 0 Å². The van der Waals surface area contributed by atoms with E-state index in [2.05, 4.69) is 10.5 Å². The van der Waals surface area contributed by atoms with Gasteiger partial charge in [0.15, 0.2) is 0 Å². The van der Waals surface area contributed by atoms with Gasteiger partial charge < -0.3 is 5.11 Å². The molecule has 0 spiro atoms. The molecule has 0 amide bonds. The lowest BCUT2D eigenvalue weighted by Crippen LogP contribution is -2.03. The molecule has 0 aliphatic carbocycles. The first-order valence-corrected chi connectivity index (χ1v) is 6.84. The maximum absolute atomic E-state index is 11.9. The molecule has 114 valence electrons. The molecule has 0 fully saturated rings. The molecule has 0 atom stereocenters. The van der Waals surface area contributed by atoms with Crippen LogP contribution < -0.4 is 10.5 Å². The van der Waals surface area contributed by atoms with Crippen LogP contribution in [0.4, 0.5) is 11.4 Å². The molecular formula is C14H10Cl2N3O3-. The van der Waals surface area contributed by atoms with E-state index < -0.39 is 16.4 Å². The van der Waals surface area contributed by atoms with Crippen LogP contribution in [0.1, 0.15) is 11.1 Å². The van der Waals surface area contributed by atoms with Crippen LogP contribution >= 0.6 is 23.2 Å². The fourth-order valence-corrected chi connectivity index (χ4v) is 2.07. The Bertz CT molecular complexity index is 763. The third-order valence-corrected chi connectivity index (χ3v) is 3.45. The summed E-state index contributed by atoms with van der Waals surface area (Å²) in [7, 11) is 0. The van der Waals surface area contributed by atoms with Gasteiger partial charge in [0.1, 0.15) is 0 Å². The van der Waals surface area contributed by atoms with Gasteiger partial charge in [-0.3, -0.25) is 15.5 Å². The second kappa shape index (κ2) is 6.64. The van der Waals surface area contributed by atoms with Crippen molar-refractivity contribution in [2.45, 2.75) is 6.92 Å². The molecule has 8 heteroatoms. The molecule has 0 bridgehead atoms. The van der Waals surface area contributed by atoms with Gasteiger partial charge in [-0.1, -0.05) is 29.3 Å². The van der Waals surface area contributed by atoms with Gasteiger partial charge in [-0.2, -0.15) is 5.10 Å². The fraction of sp³-hybridized carbons (Fsp3) is 0.0714. The van der Waals surface area contributed by atoms with Gasteiger partial charge in [0.2, 0.25) is 0 Å². The number of hydrazone groups is 1. The Labute approximate surface area is 136 Å². The summed E-state index contributed by atoms with van der Waals surface area (Å²) in [6, 6.07) is 7.56. The number of halogens is 2. The molecule has 0 heterocycles. The highest BCUT2D eigenvalue weighted by atomic mass is 35.5. The number of aryl methyl sites for hydroxylation is 1. The zero-order valence-corrected chi connectivity index (χ0v) is 12.9. The van der Waals surface area contributed by atoms with Crippen molar-refractivity contribution in [3.05, 3.63) is 61.6 Å². The number of hydrogen-bond acceptors (Lipinski definition) is 5. The summed E-state index contributed by atoms with van der Waals surface area (Å²) in [6.07, 6.45) is 1.18. The van der Waals surface area contributed by atoms with Crippen LogP contribution in [-0.4, -0.2) is 11.1 Å². The van der Waals surface area contributed by atoms with Gasteiger partial charge in [0.05, 0.1) is 16.8 Å². The summed E-state index contributed by atoms with van der Waals surface area (Å²) in [5, 5.41) is 27.2. The molecule has 22 heavy (non-hydrogen) atoms. The first-order valence-electron chi connectivity index (χ1n) is 6.08. The Morgan fingerprint density at radius 1 is 1.27 bits per heavy atom. The summed E-state index contributed by atoms with van der Waals surface area (Å²) < 4.78 is 0. The Kier molecular flexibility index (Phi) is 4.85. The SMILES string of the molecule is Cc1ccc(N/N=C\c2cc(Cl)cc([N+](=O)[O-])c2[O-])cc1Cl. The predicted octanol–water partition coefficient (Wildman–Crippen LogP) is 3.73. The summed E-state index contributed by atoms with van der Waals surface area (Å²) in [5.74, 6) is -0.748. The first-order chi connectivity index (χ1) is 10.4. The minimum absolute atomic E-state index is 0.0184. The lowest BCUT2D eigenvalue weighted by molar-refractivity contribution is -0.398. The third kappa shape index (κ3) is 3.66. The highest BCUT2D eigenvalue weighted by molar-refractivity contribution is 6.31. The average molecular weight is 339 g/mol. The molecule has 2 rings (SSSR count). The van der Waals surface area contributed by atoms with E-state index in [1.165, 1.54) is 12.3 Å². The number of nitro groups is 1. The minimum Gasteiger partial charge on any atom is -0.867 e. The summed E-state index contributed by atoms with van der Waals surface area (Å²) in [4.78, 5) is 9.98. The molecular weight excluding hydrogens is 329 g/mol. The van der Waals surface area contributed by atoms with E-state index in [1.807, 2.05) is 13.0 Å². The monoisotopic (exact) mass is 338 g/mol. The van der Waals surface area contributed by atoms with Gasteiger partial charge in [0.25, 0.3) is 5.69 Å². The minimum atomic E-state index is -0.779. The lowest BCUT2D eigenvalue weighted by Gasteiger charge is -2.11. The van der Waals surface area contributed by atoms with Gasteiger partial charge >= 0.3 is 0 Å². The van der Waals surface area contributed by atoms with Crippen LogP contribution in [0.2, 0.25) is 10.0 Å². The highest BCUT2D eigenvalue weighted by Gasteiger charge is 2.11. The third-order valence-electron chi connectivity index (χ3n) is 2.83. The largest absolute Gasteiger partial charge is 0.867 e. The number of anilines is 1. The second-order valence-corrected chi connectivity index (χ2v) is 5.28. The Hall–Kier alpha value is -2.31. The second-order valence-electron chi connectivity index (χ2n) is 4.43. The predicted molar refractivity (Wildman–Crippen MR) is 85.0 cm³/mol. The Morgan fingerprint density at radius 3 is 2.64 bits per heavy atom. The van der Waals surface area contributed by atoms with Crippen molar-refractivity contribution < 1.29 is 10.0 Å². The van der Waals surface area contributed by atoms with Crippen LogP contribution in [0.5, 0.6) is 5.75 Å². The topological polar surface area (TPSA) is 90.6 Å². The summed E-state index contributed by atoms with van der Waals surface area (Å²) in [5.41, 5.74) is 3.66. The molecule has 2 aromatic carbocycles. The molecule has 0 radical (unpaired) electrons. The highest BCUT2D eigenvalue weighted by Crippen LogP contribution is 2.30. The van der Waals surface area contributed by atoms with Crippen LogP contribution in [0.15, 0.2) is 35.4 Å². The van der Waals surface area contributed by atoms with Crippen molar-refractivity contribution in [3.63, 3.8) is 0 Å². The summed E-state index contributed by atoms with van der Waals surface area (Å²) in [6.45, 7) is 1.87. The summed E-state index contributed by atoms with van der Waals surface area (Å²) >= 11 is 11.7. The molecule has 0 unspecified atom stereocenters. The lowest BCUT2D eigenvalue weighted by atomic mass is 10.2. The quantitative estimate of drug-likeness (QED) is 0.522.